The van der Waals surface area contributed by atoms with Crippen molar-refractivity contribution < 1.29 is 23.8 Å². The zero-order valence-corrected chi connectivity index (χ0v) is 19.6. The Morgan fingerprint density at radius 2 is 2.07 bits per heavy atom. The van der Waals surface area contributed by atoms with Crippen LogP contribution in [0.25, 0.3) is 0 Å². The first-order chi connectivity index (χ1) is 14.4. The van der Waals surface area contributed by atoms with E-state index in [0.717, 1.165) is 24.2 Å². The number of carbonyl (C=O) groups excluding carboxylic acids is 2. The van der Waals surface area contributed by atoms with Crippen molar-refractivity contribution in [3.63, 3.8) is 0 Å². The molecule has 0 radical (unpaired) electrons. The Hall–Kier alpha value is -1.63. The molecule has 1 saturated heterocycles. The van der Waals surface area contributed by atoms with Crippen LogP contribution in [0.5, 0.6) is 0 Å². The molecule has 0 N–H and O–H groups in total. The van der Waals surface area contributed by atoms with Crippen molar-refractivity contribution in [1.29, 1.82) is 5.26 Å². The molecule has 1 fully saturated rings. The van der Waals surface area contributed by atoms with Crippen LogP contribution >= 0.6 is 23.5 Å². The fourth-order valence-electron chi connectivity index (χ4n) is 4.66. The van der Waals surface area contributed by atoms with Gasteiger partial charge in [0.15, 0.2) is 4.75 Å². The van der Waals surface area contributed by atoms with E-state index < -0.39 is 40.8 Å². The standard InChI is InChI=1S/C21H28N2O5S2/c1-6-8-9-28-17-15-12(3)10-14-21(20(25)27-5,16(15)18(24)26-4)30-19(29-7-2)13(11-22)23(14)17/h10,14-17H,6-9H2,1-5H3. The Balaban J connectivity index is 2.25. The Bertz CT molecular complexity index is 821. The van der Waals surface area contributed by atoms with Crippen molar-refractivity contribution in [2.45, 2.75) is 50.6 Å². The highest BCUT2D eigenvalue weighted by molar-refractivity contribution is 8.23. The van der Waals surface area contributed by atoms with Crippen molar-refractivity contribution in [2.24, 2.45) is 11.8 Å². The van der Waals surface area contributed by atoms with Gasteiger partial charge in [-0.05, 0) is 19.1 Å². The second-order valence-corrected chi connectivity index (χ2v) is 10.3. The monoisotopic (exact) mass is 452 g/mol. The van der Waals surface area contributed by atoms with Crippen LogP contribution in [0.3, 0.4) is 0 Å². The Morgan fingerprint density at radius 3 is 2.63 bits per heavy atom. The number of piperidine rings is 1. The molecule has 0 amide bonds. The summed E-state index contributed by atoms with van der Waals surface area (Å²) in [4.78, 5) is 28.3. The quantitative estimate of drug-likeness (QED) is 0.313. The summed E-state index contributed by atoms with van der Waals surface area (Å²) in [5.74, 6) is -1.40. The molecule has 1 aliphatic carbocycles. The van der Waals surface area contributed by atoms with Crippen molar-refractivity contribution in [1.82, 2.24) is 4.90 Å². The number of carbonyl (C=O) groups is 2. The first-order valence-corrected chi connectivity index (χ1v) is 11.9. The van der Waals surface area contributed by atoms with Gasteiger partial charge in [-0.25, -0.2) is 0 Å². The maximum atomic E-state index is 13.3. The molecule has 0 aromatic heterocycles. The molecule has 4 bridgehead atoms. The first-order valence-electron chi connectivity index (χ1n) is 10.1. The maximum Gasteiger partial charge on any atom is 0.325 e. The minimum Gasteiger partial charge on any atom is -0.469 e. The van der Waals surface area contributed by atoms with E-state index in [9.17, 15) is 14.9 Å². The molecule has 7 nitrogen and oxygen atoms in total. The van der Waals surface area contributed by atoms with E-state index in [0.29, 0.717) is 16.5 Å². The van der Waals surface area contributed by atoms with Crippen LogP contribution in [0.1, 0.15) is 33.6 Å². The Morgan fingerprint density at radius 1 is 1.33 bits per heavy atom. The average Bonchev–Trinajstić information content (AvgIpc) is 2.74. The molecular formula is C21H28N2O5S2. The highest BCUT2D eigenvalue weighted by atomic mass is 32.2. The van der Waals surface area contributed by atoms with Gasteiger partial charge in [0.05, 0.1) is 30.4 Å². The number of unbranched alkanes of at least 4 members (excludes halogenated alkanes) is 1. The van der Waals surface area contributed by atoms with Gasteiger partial charge in [-0.3, -0.25) is 9.59 Å². The average molecular weight is 453 g/mol. The number of rotatable bonds is 8. The minimum atomic E-state index is -1.23. The van der Waals surface area contributed by atoms with Crippen LogP contribution in [0, 0.1) is 23.2 Å². The van der Waals surface area contributed by atoms with E-state index in [1.165, 1.54) is 37.7 Å². The van der Waals surface area contributed by atoms with Gasteiger partial charge in [0, 0.05) is 12.5 Å². The summed E-state index contributed by atoms with van der Waals surface area (Å²) in [6.07, 6.45) is 3.30. The lowest BCUT2D eigenvalue weighted by molar-refractivity contribution is -0.183. The highest BCUT2D eigenvalue weighted by Gasteiger charge is 2.71. The van der Waals surface area contributed by atoms with Crippen molar-refractivity contribution in [3.8, 4) is 6.07 Å². The second kappa shape index (κ2) is 9.25. The molecule has 0 aromatic carbocycles. The third kappa shape index (κ3) is 3.33. The largest absolute Gasteiger partial charge is 0.469 e. The van der Waals surface area contributed by atoms with E-state index in [4.69, 9.17) is 14.2 Å². The molecule has 3 heterocycles. The van der Waals surface area contributed by atoms with Crippen LogP contribution in [0.4, 0.5) is 0 Å². The minimum absolute atomic E-state index is 0.414. The first kappa shape index (κ1) is 23.0. The number of esters is 2. The van der Waals surface area contributed by atoms with Gasteiger partial charge in [-0.2, -0.15) is 5.26 Å². The summed E-state index contributed by atoms with van der Waals surface area (Å²) in [5.41, 5.74) is 1.46. The SMILES string of the molecule is CCCCOC1C2C(C)=CC3N1C(C#N)=C(SCC)SC3(C(=O)OC)C2C(=O)OC. The van der Waals surface area contributed by atoms with E-state index in [2.05, 4.69) is 13.0 Å². The number of allylic oxidation sites excluding steroid dienone is 1. The van der Waals surface area contributed by atoms with E-state index in [1.807, 2.05) is 24.8 Å². The number of hydrogen-bond acceptors (Lipinski definition) is 9. The van der Waals surface area contributed by atoms with E-state index in [-0.39, 0.29) is 0 Å². The van der Waals surface area contributed by atoms with Crippen molar-refractivity contribution in [2.75, 3.05) is 26.6 Å². The van der Waals surface area contributed by atoms with Gasteiger partial charge in [0.2, 0.25) is 0 Å². The summed E-state index contributed by atoms with van der Waals surface area (Å²) in [6.45, 7) is 6.53. The molecule has 4 rings (SSSR count). The number of ether oxygens (including phenoxy) is 3. The third-order valence-corrected chi connectivity index (χ3v) is 8.66. The van der Waals surface area contributed by atoms with Crippen LogP contribution < -0.4 is 0 Å². The predicted octanol–water partition coefficient (Wildman–Crippen LogP) is 3.28. The highest BCUT2D eigenvalue weighted by Crippen LogP contribution is 2.63. The molecular weight excluding hydrogens is 424 g/mol. The van der Waals surface area contributed by atoms with Gasteiger partial charge in [0.1, 0.15) is 18.0 Å². The van der Waals surface area contributed by atoms with E-state index in [1.54, 1.807) is 0 Å². The lowest BCUT2D eigenvalue weighted by atomic mass is 9.63. The molecule has 0 saturated carbocycles. The van der Waals surface area contributed by atoms with Crippen molar-refractivity contribution >= 4 is 35.5 Å². The summed E-state index contributed by atoms with van der Waals surface area (Å²) in [7, 11) is 2.67. The molecule has 164 valence electrons. The third-order valence-electron chi connectivity index (χ3n) is 5.93. The van der Waals surface area contributed by atoms with Crippen LogP contribution in [-0.2, 0) is 23.8 Å². The molecule has 5 atom stereocenters. The smallest absolute Gasteiger partial charge is 0.325 e. The summed E-state index contributed by atoms with van der Waals surface area (Å²) in [6, 6.07) is 1.80. The molecule has 0 spiro atoms. The van der Waals surface area contributed by atoms with Crippen LogP contribution in [-0.4, -0.2) is 60.4 Å². The van der Waals surface area contributed by atoms with Crippen LogP contribution in [0.15, 0.2) is 21.6 Å². The number of hydrogen-bond donors (Lipinski definition) is 0. The number of nitrogens with zero attached hydrogens (tertiary/aromatic N) is 2. The number of methoxy groups -OCH3 is 2. The molecule has 0 aromatic rings. The second-order valence-electron chi connectivity index (χ2n) is 7.47. The molecule has 30 heavy (non-hydrogen) atoms. The fraction of sp³-hybridized carbons (Fsp3) is 0.667. The molecule has 4 aliphatic rings. The van der Waals surface area contributed by atoms with Gasteiger partial charge in [0.25, 0.3) is 0 Å². The van der Waals surface area contributed by atoms with Crippen LogP contribution in [0.2, 0.25) is 0 Å². The molecule has 5 unspecified atom stereocenters. The van der Waals surface area contributed by atoms with Gasteiger partial charge in [-0.15, -0.1) is 11.8 Å². The Labute approximate surface area is 186 Å². The molecule has 9 heteroatoms. The maximum absolute atomic E-state index is 13.3. The summed E-state index contributed by atoms with van der Waals surface area (Å²) >= 11 is 2.76. The van der Waals surface area contributed by atoms with Gasteiger partial charge >= 0.3 is 11.9 Å². The topological polar surface area (TPSA) is 88.9 Å². The summed E-state index contributed by atoms with van der Waals surface area (Å²) in [5, 5.41) is 10.0. The predicted molar refractivity (Wildman–Crippen MR) is 116 cm³/mol. The zero-order chi connectivity index (χ0) is 22.1. The number of nitriles is 1. The molecule has 3 aliphatic heterocycles. The van der Waals surface area contributed by atoms with Crippen molar-refractivity contribution in [3.05, 3.63) is 21.6 Å². The van der Waals surface area contributed by atoms with Gasteiger partial charge < -0.3 is 19.1 Å². The lowest BCUT2D eigenvalue weighted by Crippen LogP contribution is -2.74. The number of thioether (sulfide) groups is 2. The lowest BCUT2D eigenvalue weighted by Gasteiger charge is -2.62. The van der Waals surface area contributed by atoms with E-state index >= 15 is 0 Å². The van der Waals surface area contributed by atoms with Gasteiger partial charge in [-0.1, -0.05) is 43.7 Å². The normalized spacial score (nSPS) is 31.9. The fourth-order valence-corrected chi connectivity index (χ4v) is 7.61. The Kier molecular flexibility index (Phi) is 7.10. The summed E-state index contributed by atoms with van der Waals surface area (Å²) < 4.78 is 16.2. The zero-order valence-electron chi connectivity index (χ0n) is 18.0.